The van der Waals surface area contributed by atoms with E-state index < -0.39 is 29.4 Å². The number of amides is 2. The molecule has 4 rings (SSSR count). The molecule has 1 fully saturated rings. The molecule has 0 bridgehead atoms. The summed E-state index contributed by atoms with van der Waals surface area (Å²) in [5, 5.41) is 2.85. The lowest BCUT2D eigenvalue weighted by molar-refractivity contribution is -0.162. The average Bonchev–Trinajstić information content (AvgIpc) is 3.46. The van der Waals surface area contributed by atoms with E-state index >= 15 is 0 Å². The van der Waals surface area contributed by atoms with Gasteiger partial charge in [0.1, 0.15) is 29.7 Å². The number of fused-ring (bicyclic) bond motifs is 1. The first kappa shape index (κ1) is 28.9. The number of nitrogens with zero attached hydrogens (tertiary/aromatic N) is 5. The van der Waals surface area contributed by atoms with Crippen molar-refractivity contribution in [3.63, 3.8) is 0 Å². The summed E-state index contributed by atoms with van der Waals surface area (Å²) < 4.78 is 18.7. The van der Waals surface area contributed by atoms with Crippen molar-refractivity contribution in [1.82, 2.24) is 24.4 Å². The number of hydrogen-bond donors (Lipinski definition) is 1. The first-order valence-corrected chi connectivity index (χ1v) is 13.1. The highest BCUT2D eigenvalue weighted by Crippen LogP contribution is 2.27. The van der Waals surface area contributed by atoms with Crippen LogP contribution in [0, 0.1) is 0 Å². The molecule has 1 saturated heterocycles. The number of carbonyl (C=O) groups is 3. The molecule has 2 atom stereocenters. The monoisotopic (exact) mass is 552 g/mol. The normalized spacial score (nSPS) is 17.6. The lowest BCUT2D eigenvalue weighted by Crippen LogP contribution is -2.41. The number of anilines is 1. The van der Waals surface area contributed by atoms with Gasteiger partial charge >= 0.3 is 12.1 Å². The first-order valence-electron chi connectivity index (χ1n) is 13.1. The minimum Gasteiger partial charge on any atom is -0.458 e. The Balaban J connectivity index is 1.55. The van der Waals surface area contributed by atoms with Crippen molar-refractivity contribution in [3.8, 4) is 0 Å². The van der Waals surface area contributed by atoms with E-state index in [1.54, 1.807) is 81.6 Å². The summed E-state index contributed by atoms with van der Waals surface area (Å²) in [6.45, 7) is 11.1. The molecule has 12 nitrogen and oxygen atoms in total. The Kier molecular flexibility index (Phi) is 8.38. The fourth-order valence-electron chi connectivity index (χ4n) is 4.41. The number of carbonyl (C=O) groups excluding carboxylic acids is 3. The number of rotatable bonds is 7. The number of likely N-dealkylation sites (tertiary alicyclic amines) is 1. The Morgan fingerprint density at radius 2 is 1.68 bits per heavy atom. The molecule has 2 amide bonds. The van der Waals surface area contributed by atoms with Crippen LogP contribution in [0.15, 0.2) is 43.0 Å². The standard InChI is InChI=1S/C28H36N6O6/c1-27(2,3)39-21(35)15-38-20-12-19(34(14-20)26(37)40-28(4,5)6)13-33-17-31-23-22(33)24(30-16-29-23)32-25(36)18-10-8-7-9-11-18/h7-11,16-17,19-20H,12-15H2,1-6H3,(H,29,30,32,36)/t19-,20+/m1/s1. The summed E-state index contributed by atoms with van der Waals surface area (Å²) in [6.07, 6.45) is 2.48. The number of benzene rings is 1. The Bertz CT molecular complexity index is 1360. The van der Waals surface area contributed by atoms with E-state index in [4.69, 9.17) is 14.2 Å². The number of esters is 1. The summed E-state index contributed by atoms with van der Waals surface area (Å²) in [5.74, 6) is -0.493. The van der Waals surface area contributed by atoms with Crippen molar-refractivity contribution in [3.05, 3.63) is 48.5 Å². The minimum absolute atomic E-state index is 0.228. The lowest BCUT2D eigenvalue weighted by atomic mass is 10.2. The quantitative estimate of drug-likeness (QED) is 0.434. The molecule has 0 aliphatic carbocycles. The molecule has 12 heteroatoms. The predicted octanol–water partition coefficient (Wildman–Crippen LogP) is 3.81. The minimum atomic E-state index is -0.693. The molecule has 0 radical (unpaired) electrons. The molecular weight excluding hydrogens is 516 g/mol. The Morgan fingerprint density at radius 1 is 0.975 bits per heavy atom. The summed E-state index contributed by atoms with van der Waals surface area (Å²) >= 11 is 0. The van der Waals surface area contributed by atoms with Gasteiger partial charge in [0.25, 0.3) is 5.91 Å². The van der Waals surface area contributed by atoms with Crippen LogP contribution in [-0.2, 0) is 25.5 Å². The number of nitrogens with one attached hydrogen (secondary N) is 1. The number of ether oxygens (including phenoxy) is 3. The van der Waals surface area contributed by atoms with E-state index in [9.17, 15) is 14.4 Å². The van der Waals surface area contributed by atoms with Crippen LogP contribution in [0.3, 0.4) is 0 Å². The fraction of sp³-hybridized carbons (Fsp3) is 0.500. The second kappa shape index (κ2) is 11.6. The lowest BCUT2D eigenvalue weighted by Gasteiger charge is -2.28. The summed E-state index contributed by atoms with van der Waals surface area (Å²) in [4.78, 5) is 52.7. The van der Waals surface area contributed by atoms with Gasteiger partial charge in [0, 0.05) is 12.1 Å². The van der Waals surface area contributed by atoms with Crippen LogP contribution in [0.5, 0.6) is 0 Å². The van der Waals surface area contributed by atoms with Crippen LogP contribution in [0.2, 0.25) is 0 Å². The van der Waals surface area contributed by atoms with E-state index in [0.29, 0.717) is 35.5 Å². The van der Waals surface area contributed by atoms with Gasteiger partial charge in [-0.15, -0.1) is 0 Å². The van der Waals surface area contributed by atoms with Gasteiger partial charge in [-0.1, -0.05) is 18.2 Å². The molecule has 3 aromatic rings. The maximum atomic E-state index is 13.2. The number of imidazole rings is 1. The van der Waals surface area contributed by atoms with Gasteiger partial charge in [-0.05, 0) is 60.1 Å². The van der Waals surface area contributed by atoms with Crippen molar-refractivity contribution >= 4 is 35.0 Å². The van der Waals surface area contributed by atoms with Crippen LogP contribution in [0.1, 0.15) is 58.3 Å². The van der Waals surface area contributed by atoms with Gasteiger partial charge in [-0.3, -0.25) is 4.79 Å². The van der Waals surface area contributed by atoms with E-state index in [1.807, 2.05) is 6.07 Å². The third-order valence-corrected chi connectivity index (χ3v) is 5.95. The first-order chi connectivity index (χ1) is 18.8. The largest absolute Gasteiger partial charge is 0.458 e. The molecule has 1 aliphatic heterocycles. The topological polar surface area (TPSA) is 138 Å². The van der Waals surface area contributed by atoms with Gasteiger partial charge in [0.05, 0.1) is 25.0 Å². The third-order valence-electron chi connectivity index (χ3n) is 5.95. The Hall–Kier alpha value is -4.06. The second-order valence-electron chi connectivity index (χ2n) is 11.7. The van der Waals surface area contributed by atoms with E-state index in [1.165, 1.54) is 6.33 Å². The molecule has 1 aromatic carbocycles. The van der Waals surface area contributed by atoms with Crippen molar-refractivity contribution < 1.29 is 28.6 Å². The molecule has 3 heterocycles. The van der Waals surface area contributed by atoms with Crippen LogP contribution < -0.4 is 5.32 Å². The molecule has 0 spiro atoms. The zero-order chi connectivity index (χ0) is 29.1. The van der Waals surface area contributed by atoms with Crippen LogP contribution in [0.4, 0.5) is 10.6 Å². The molecular formula is C28H36N6O6. The van der Waals surface area contributed by atoms with Crippen molar-refractivity contribution in [2.75, 3.05) is 18.5 Å². The zero-order valence-corrected chi connectivity index (χ0v) is 23.7. The summed E-state index contributed by atoms with van der Waals surface area (Å²) in [5.41, 5.74) is 0.0881. The molecule has 214 valence electrons. The Labute approximate surface area is 233 Å². The van der Waals surface area contributed by atoms with Crippen LogP contribution in [-0.4, -0.2) is 78.9 Å². The summed E-state index contributed by atoms with van der Waals surface area (Å²) in [7, 11) is 0. The fourth-order valence-corrected chi connectivity index (χ4v) is 4.41. The molecule has 0 saturated carbocycles. The molecule has 0 unspecified atom stereocenters. The maximum Gasteiger partial charge on any atom is 0.410 e. The highest BCUT2D eigenvalue weighted by molar-refractivity contribution is 6.06. The predicted molar refractivity (Wildman–Crippen MR) is 147 cm³/mol. The second-order valence-corrected chi connectivity index (χ2v) is 11.7. The molecule has 40 heavy (non-hydrogen) atoms. The van der Waals surface area contributed by atoms with Gasteiger partial charge in [0.2, 0.25) is 0 Å². The zero-order valence-electron chi connectivity index (χ0n) is 23.7. The van der Waals surface area contributed by atoms with Gasteiger partial charge < -0.3 is 29.0 Å². The SMILES string of the molecule is CC(C)(C)OC(=O)CO[C@H]1C[C@H](Cn2cnc3ncnc(NC(=O)c4ccccc4)c32)N(C(=O)OC(C)(C)C)C1. The third kappa shape index (κ3) is 7.53. The maximum absolute atomic E-state index is 13.2. The van der Waals surface area contributed by atoms with Crippen LogP contribution in [0.25, 0.3) is 11.2 Å². The molecule has 1 N–H and O–H groups in total. The van der Waals surface area contributed by atoms with Crippen LogP contribution >= 0.6 is 0 Å². The highest BCUT2D eigenvalue weighted by atomic mass is 16.6. The van der Waals surface area contributed by atoms with Crippen molar-refractivity contribution in [2.24, 2.45) is 0 Å². The van der Waals surface area contributed by atoms with E-state index in [0.717, 1.165) is 0 Å². The smallest absolute Gasteiger partial charge is 0.410 e. The number of aromatic nitrogens is 4. The Morgan fingerprint density at radius 3 is 2.35 bits per heavy atom. The highest BCUT2D eigenvalue weighted by Gasteiger charge is 2.39. The molecule has 1 aliphatic rings. The van der Waals surface area contributed by atoms with E-state index in [2.05, 4.69) is 20.3 Å². The van der Waals surface area contributed by atoms with Gasteiger partial charge in [0.15, 0.2) is 11.5 Å². The molecule has 2 aromatic heterocycles. The average molecular weight is 553 g/mol. The van der Waals surface area contributed by atoms with Gasteiger partial charge in [-0.25, -0.2) is 24.5 Å². The van der Waals surface area contributed by atoms with E-state index in [-0.39, 0.29) is 25.1 Å². The number of hydrogen-bond acceptors (Lipinski definition) is 9. The summed E-state index contributed by atoms with van der Waals surface area (Å²) in [6, 6.07) is 8.45. The van der Waals surface area contributed by atoms with Crippen molar-refractivity contribution in [2.45, 2.75) is 77.9 Å². The van der Waals surface area contributed by atoms with Crippen molar-refractivity contribution in [1.29, 1.82) is 0 Å². The van der Waals surface area contributed by atoms with Gasteiger partial charge in [-0.2, -0.15) is 0 Å².